The molecule has 0 saturated heterocycles. The maximum Gasteiger partial charge on any atom is 0.269 e. The molecule has 0 aliphatic heterocycles. The van der Waals surface area contributed by atoms with Crippen molar-refractivity contribution >= 4 is 39.7 Å². The summed E-state index contributed by atoms with van der Waals surface area (Å²) in [7, 11) is 0. The number of aromatic nitrogens is 1. The van der Waals surface area contributed by atoms with E-state index in [2.05, 4.69) is 4.99 Å². The van der Waals surface area contributed by atoms with E-state index in [0.717, 1.165) is 27.3 Å². The molecule has 3 aromatic rings. The highest BCUT2D eigenvalue weighted by Gasteiger charge is 2.10. The number of thiazole rings is 1. The van der Waals surface area contributed by atoms with Crippen LogP contribution in [0.3, 0.4) is 0 Å². The molecule has 0 fully saturated rings. The van der Waals surface area contributed by atoms with Crippen molar-refractivity contribution < 1.29 is 10.0 Å². The maximum atomic E-state index is 10.8. The molecule has 0 radical (unpaired) electrons. The zero-order valence-electron chi connectivity index (χ0n) is 14.0. The number of rotatable bonds is 5. The number of non-ortho nitro benzene ring substituents is 1. The highest BCUT2D eigenvalue weighted by atomic mass is 79.9. The molecule has 6 nitrogen and oxygen atoms in total. The minimum Gasteiger partial charge on any atom is -0.395 e. The normalized spacial score (nSPS) is 11.2. The van der Waals surface area contributed by atoms with Crippen LogP contribution in [0.25, 0.3) is 11.3 Å². The van der Waals surface area contributed by atoms with Crippen molar-refractivity contribution in [3.05, 3.63) is 74.4 Å². The van der Waals surface area contributed by atoms with E-state index in [4.69, 9.17) is 0 Å². The van der Waals surface area contributed by atoms with Crippen molar-refractivity contribution in [1.82, 2.24) is 4.57 Å². The first kappa shape index (κ1) is 20.0. The predicted molar refractivity (Wildman–Crippen MR) is 108 cm³/mol. The third-order valence-corrected chi connectivity index (χ3v) is 4.59. The molecule has 2 aromatic carbocycles. The van der Waals surface area contributed by atoms with E-state index in [0.29, 0.717) is 6.54 Å². The molecule has 3 rings (SSSR count). The van der Waals surface area contributed by atoms with Crippen LogP contribution < -0.4 is 4.80 Å². The monoisotopic (exact) mass is 435 g/mol. The lowest BCUT2D eigenvalue weighted by atomic mass is 10.1. The Labute approximate surface area is 165 Å². The van der Waals surface area contributed by atoms with Crippen molar-refractivity contribution in [2.45, 2.75) is 13.5 Å². The largest absolute Gasteiger partial charge is 0.395 e. The van der Waals surface area contributed by atoms with Crippen LogP contribution in [0.5, 0.6) is 0 Å². The molecule has 0 atom stereocenters. The smallest absolute Gasteiger partial charge is 0.269 e. The van der Waals surface area contributed by atoms with Crippen molar-refractivity contribution in [2.24, 2.45) is 4.99 Å². The zero-order valence-corrected chi connectivity index (χ0v) is 16.6. The van der Waals surface area contributed by atoms with Gasteiger partial charge in [-0.2, -0.15) is 0 Å². The number of nitro benzene ring substituents is 1. The highest BCUT2D eigenvalue weighted by Crippen LogP contribution is 2.23. The maximum absolute atomic E-state index is 10.8. The molecule has 1 N–H and O–H groups in total. The summed E-state index contributed by atoms with van der Waals surface area (Å²) in [5, 5.41) is 22.2. The van der Waals surface area contributed by atoms with Gasteiger partial charge in [-0.1, -0.05) is 12.1 Å². The van der Waals surface area contributed by atoms with Gasteiger partial charge >= 0.3 is 0 Å². The summed E-state index contributed by atoms with van der Waals surface area (Å²) in [6, 6.07) is 14.3. The minimum atomic E-state index is -0.419. The second kappa shape index (κ2) is 8.88. The van der Waals surface area contributed by atoms with Crippen molar-refractivity contribution in [1.29, 1.82) is 0 Å². The second-order valence-corrected chi connectivity index (χ2v) is 6.37. The van der Waals surface area contributed by atoms with Gasteiger partial charge in [0.05, 0.1) is 22.9 Å². The standard InChI is InChI=1S/C18H17N3O3S.BrH/c1-13-3-2-4-15(11-13)19-18-20(9-10-22)17(12-25-18)14-5-7-16(8-6-14)21(23)24;/h2-8,11-12,22H,9-10H2,1H3;1H. The summed E-state index contributed by atoms with van der Waals surface area (Å²) in [6.45, 7) is 2.40. The first-order valence-corrected chi connectivity index (χ1v) is 8.62. The summed E-state index contributed by atoms with van der Waals surface area (Å²) < 4.78 is 1.92. The van der Waals surface area contributed by atoms with Gasteiger partial charge in [0.2, 0.25) is 0 Å². The highest BCUT2D eigenvalue weighted by molar-refractivity contribution is 8.93. The Morgan fingerprint density at radius 3 is 2.58 bits per heavy atom. The van der Waals surface area contributed by atoms with Crippen LogP contribution in [0, 0.1) is 17.0 Å². The Morgan fingerprint density at radius 1 is 1.23 bits per heavy atom. The molecule has 0 unspecified atom stereocenters. The van der Waals surface area contributed by atoms with E-state index in [-0.39, 0.29) is 29.3 Å². The summed E-state index contributed by atoms with van der Waals surface area (Å²) >= 11 is 1.47. The van der Waals surface area contributed by atoms with Gasteiger partial charge in [-0.15, -0.1) is 28.3 Å². The average Bonchev–Trinajstić information content (AvgIpc) is 2.98. The molecule has 8 heteroatoms. The van der Waals surface area contributed by atoms with Crippen molar-refractivity contribution in [2.75, 3.05) is 6.61 Å². The number of halogens is 1. The lowest BCUT2D eigenvalue weighted by Gasteiger charge is -2.07. The predicted octanol–water partition coefficient (Wildman–Crippen LogP) is 4.24. The van der Waals surface area contributed by atoms with Gasteiger partial charge in [0.25, 0.3) is 5.69 Å². The number of hydrogen-bond donors (Lipinski definition) is 1. The third-order valence-electron chi connectivity index (χ3n) is 3.72. The molecular weight excluding hydrogens is 418 g/mol. The van der Waals surface area contributed by atoms with Crippen LogP contribution in [0.2, 0.25) is 0 Å². The molecule has 0 amide bonds. The van der Waals surface area contributed by atoms with E-state index in [1.807, 2.05) is 41.1 Å². The summed E-state index contributed by atoms with van der Waals surface area (Å²) in [4.78, 5) is 15.8. The number of aryl methyl sites for hydroxylation is 1. The van der Waals surface area contributed by atoms with Gasteiger partial charge in [-0.25, -0.2) is 4.99 Å². The van der Waals surface area contributed by atoms with Crippen LogP contribution >= 0.6 is 28.3 Å². The van der Waals surface area contributed by atoms with Gasteiger partial charge in [0.15, 0.2) is 4.80 Å². The van der Waals surface area contributed by atoms with E-state index >= 15 is 0 Å². The zero-order chi connectivity index (χ0) is 17.8. The molecule has 136 valence electrons. The van der Waals surface area contributed by atoms with Crippen LogP contribution in [-0.4, -0.2) is 21.2 Å². The van der Waals surface area contributed by atoms with E-state index in [1.54, 1.807) is 12.1 Å². The lowest BCUT2D eigenvalue weighted by molar-refractivity contribution is -0.384. The van der Waals surface area contributed by atoms with Crippen LogP contribution in [0.15, 0.2) is 58.9 Å². The first-order valence-electron chi connectivity index (χ1n) is 7.74. The Balaban J connectivity index is 0.00000243. The Hall–Kier alpha value is -2.29. The number of aliphatic hydroxyl groups excluding tert-OH is 1. The number of aliphatic hydroxyl groups is 1. The SMILES string of the molecule is Br.Cc1cccc(N=c2scc(-c3ccc([N+](=O)[O-])cc3)n2CCO)c1. The average molecular weight is 436 g/mol. The molecular formula is C18H18BrN3O3S. The quantitative estimate of drug-likeness (QED) is 0.480. The Morgan fingerprint density at radius 2 is 1.96 bits per heavy atom. The summed E-state index contributed by atoms with van der Waals surface area (Å²) in [5.41, 5.74) is 3.75. The van der Waals surface area contributed by atoms with Crippen molar-refractivity contribution in [3.8, 4) is 11.3 Å². The third kappa shape index (κ3) is 4.46. The minimum absolute atomic E-state index is 0. The molecule has 1 aromatic heterocycles. The molecule has 0 spiro atoms. The number of nitro groups is 1. The summed E-state index contributed by atoms with van der Waals surface area (Å²) in [5.74, 6) is 0. The van der Waals surface area contributed by atoms with Crippen LogP contribution in [0.1, 0.15) is 5.56 Å². The van der Waals surface area contributed by atoms with E-state index < -0.39 is 4.92 Å². The number of hydrogen-bond acceptors (Lipinski definition) is 5. The van der Waals surface area contributed by atoms with Gasteiger partial charge in [0.1, 0.15) is 0 Å². The van der Waals surface area contributed by atoms with Gasteiger partial charge in [0, 0.05) is 24.1 Å². The molecule has 1 heterocycles. The fourth-order valence-corrected chi connectivity index (χ4v) is 3.48. The second-order valence-electron chi connectivity index (χ2n) is 5.53. The molecule has 0 saturated carbocycles. The lowest BCUT2D eigenvalue weighted by Crippen LogP contribution is -2.17. The van der Waals surface area contributed by atoms with Gasteiger partial charge in [-0.3, -0.25) is 10.1 Å². The van der Waals surface area contributed by atoms with Gasteiger partial charge in [-0.05, 0) is 42.3 Å². The van der Waals surface area contributed by atoms with Crippen molar-refractivity contribution in [3.63, 3.8) is 0 Å². The van der Waals surface area contributed by atoms with Crippen LogP contribution in [0.4, 0.5) is 11.4 Å². The van der Waals surface area contributed by atoms with E-state index in [9.17, 15) is 15.2 Å². The molecule has 0 aliphatic rings. The van der Waals surface area contributed by atoms with Crippen LogP contribution in [-0.2, 0) is 6.54 Å². The van der Waals surface area contributed by atoms with E-state index in [1.165, 1.54) is 23.5 Å². The Kier molecular flexibility index (Phi) is 6.84. The topological polar surface area (TPSA) is 80.7 Å². The fraction of sp³-hybridized carbons (Fsp3) is 0.167. The number of nitrogens with zero attached hydrogens (tertiary/aromatic N) is 3. The molecule has 0 bridgehead atoms. The molecule has 26 heavy (non-hydrogen) atoms. The van der Waals surface area contributed by atoms with Gasteiger partial charge < -0.3 is 9.67 Å². The number of benzene rings is 2. The Bertz CT molecular complexity index is 964. The molecule has 0 aliphatic carbocycles. The fourth-order valence-electron chi connectivity index (χ4n) is 2.53. The first-order chi connectivity index (χ1) is 12.1. The summed E-state index contributed by atoms with van der Waals surface area (Å²) in [6.07, 6.45) is 0.